The molecular weight excluding hydrogens is 498 g/mol. The number of carbonyl (C=O) groups excluding carboxylic acids is 1. The molecule has 0 heterocycles. The van der Waals surface area contributed by atoms with Gasteiger partial charge in [0.25, 0.3) is 5.91 Å². The number of guanidine groups is 1. The van der Waals surface area contributed by atoms with Crippen molar-refractivity contribution in [2.24, 2.45) is 4.99 Å². The lowest BCUT2D eigenvalue weighted by molar-refractivity contribution is 0.0963. The van der Waals surface area contributed by atoms with E-state index in [1.807, 2.05) is 24.3 Å². The molecule has 0 spiro atoms. The number of hydrogen-bond acceptors (Lipinski definition) is 2. The molecule has 0 saturated heterocycles. The van der Waals surface area contributed by atoms with Gasteiger partial charge in [-0.3, -0.25) is 9.79 Å². The average molecular weight is 521 g/mol. The molecule has 0 unspecified atom stereocenters. The van der Waals surface area contributed by atoms with Gasteiger partial charge in [0.05, 0.1) is 0 Å². The van der Waals surface area contributed by atoms with Crippen LogP contribution in [0.5, 0.6) is 0 Å². The predicted octanol–water partition coefficient (Wildman–Crippen LogP) is 3.88. The molecule has 27 heavy (non-hydrogen) atoms. The van der Waals surface area contributed by atoms with Crippen LogP contribution >= 0.6 is 47.2 Å². The van der Waals surface area contributed by atoms with Crippen LogP contribution in [0, 0.1) is 0 Å². The van der Waals surface area contributed by atoms with E-state index in [-0.39, 0.29) is 29.9 Å². The van der Waals surface area contributed by atoms with E-state index in [1.165, 1.54) is 0 Å². The number of hydrogen-bond donors (Lipinski definition) is 3. The van der Waals surface area contributed by atoms with E-state index in [0.29, 0.717) is 34.7 Å². The first-order valence-electron chi connectivity index (χ1n) is 8.23. The first kappa shape index (κ1) is 23.5. The molecule has 8 heteroatoms. The molecule has 0 aliphatic heterocycles. The van der Waals surface area contributed by atoms with Gasteiger partial charge in [-0.05, 0) is 41.8 Å². The maximum atomic E-state index is 11.7. The Balaban J connectivity index is 0.00000364. The maximum Gasteiger partial charge on any atom is 0.251 e. The number of carbonyl (C=O) groups is 1. The van der Waals surface area contributed by atoms with Gasteiger partial charge in [-0.25, -0.2) is 0 Å². The summed E-state index contributed by atoms with van der Waals surface area (Å²) in [6.07, 6.45) is 0.771. The molecule has 3 N–H and O–H groups in total. The lowest BCUT2D eigenvalue weighted by Gasteiger charge is -2.13. The molecule has 0 bridgehead atoms. The fourth-order valence-corrected chi connectivity index (χ4v) is 2.88. The predicted molar refractivity (Wildman–Crippen MR) is 124 cm³/mol. The van der Waals surface area contributed by atoms with E-state index in [1.54, 1.807) is 32.3 Å². The molecule has 0 atom stereocenters. The highest BCUT2D eigenvalue weighted by Crippen LogP contribution is 2.20. The lowest BCUT2D eigenvalue weighted by Crippen LogP contribution is -2.37. The van der Waals surface area contributed by atoms with E-state index >= 15 is 0 Å². The number of rotatable bonds is 6. The Labute approximate surface area is 186 Å². The normalized spacial score (nSPS) is 10.7. The molecule has 5 nitrogen and oxygen atoms in total. The Morgan fingerprint density at radius 1 is 1.11 bits per heavy atom. The third kappa shape index (κ3) is 7.56. The van der Waals surface area contributed by atoms with Crippen molar-refractivity contribution in [3.63, 3.8) is 0 Å². The number of nitrogens with zero attached hydrogens (tertiary/aromatic N) is 1. The number of nitrogens with one attached hydrogen (secondary N) is 3. The summed E-state index contributed by atoms with van der Waals surface area (Å²) in [7, 11) is 3.34. The van der Waals surface area contributed by atoms with Crippen LogP contribution in [0.15, 0.2) is 47.5 Å². The van der Waals surface area contributed by atoms with Crippen LogP contribution in [0.1, 0.15) is 21.5 Å². The zero-order valence-corrected chi connectivity index (χ0v) is 19.0. The Morgan fingerprint density at radius 3 is 2.56 bits per heavy atom. The molecule has 0 aliphatic rings. The van der Waals surface area contributed by atoms with Gasteiger partial charge in [-0.1, -0.05) is 41.4 Å². The summed E-state index contributed by atoms with van der Waals surface area (Å²) >= 11 is 12.1. The summed E-state index contributed by atoms with van der Waals surface area (Å²) in [5.41, 5.74) is 2.68. The van der Waals surface area contributed by atoms with Gasteiger partial charge in [-0.2, -0.15) is 0 Å². The minimum Gasteiger partial charge on any atom is -0.356 e. The largest absolute Gasteiger partial charge is 0.356 e. The van der Waals surface area contributed by atoms with Crippen molar-refractivity contribution < 1.29 is 4.79 Å². The Hall–Kier alpha value is -1.51. The molecule has 0 fully saturated rings. The monoisotopic (exact) mass is 520 g/mol. The summed E-state index contributed by atoms with van der Waals surface area (Å²) in [6.45, 7) is 1.23. The summed E-state index contributed by atoms with van der Waals surface area (Å²) in [6, 6.07) is 13.0. The SMILES string of the molecule is CN=C(NCCc1cccc(C(=O)NC)c1)NCc1ccc(Cl)cc1Cl.I. The summed E-state index contributed by atoms with van der Waals surface area (Å²) in [4.78, 5) is 15.9. The molecule has 2 aromatic rings. The van der Waals surface area contributed by atoms with E-state index in [2.05, 4.69) is 20.9 Å². The maximum absolute atomic E-state index is 11.7. The first-order chi connectivity index (χ1) is 12.5. The quantitative estimate of drug-likeness (QED) is 0.307. The molecule has 1 amide bonds. The van der Waals surface area contributed by atoms with Crippen molar-refractivity contribution in [2.75, 3.05) is 20.6 Å². The van der Waals surface area contributed by atoms with Crippen molar-refractivity contribution in [3.05, 3.63) is 69.2 Å². The van der Waals surface area contributed by atoms with Crippen LogP contribution in [0.25, 0.3) is 0 Å². The number of benzene rings is 2. The molecule has 2 rings (SSSR count). The first-order valence-corrected chi connectivity index (χ1v) is 8.98. The summed E-state index contributed by atoms with van der Waals surface area (Å²) < 4.78 is 0. The summed E-state index contributed by atoms with van der Waals surface area (Å²) in [5.74, 6) is 0.593. The van der Waals surface area contributed by atoms with Gasteiger partial charge in [0.15, 0.2) is 5.96 Å². The molecule has 0 aromatic heterocycles. The number of aliphatic imine (C=N–C) groups is 1. The van der Waals surface area contributed by atoms with Gasteiger partial charge in [0, 0.05) is 42.8 Å². The van der Waals surface area contributed by atoms with Gasteiger partial charge in [0.1, 0.15) is 0 Å². The van der Waals surface area contributed by atoms with Gasteiger partial charge < -0.3 is 16.0 Å². The number of amides is 1. The highest BCUT2D eigenvalue weighted by molar-refractivity contribution is 14.0. The average Bonchev–Trinajstić information content (AvgIpc) is 2.65. The van der Waals surface area contributed by atoms with Crippen LogP contribution in [-0.4, -0.2) is 32.5 Å². The van der Waals surface area contributed by atoms with Crippen molar-refractivity contribution >= 4 is 59.0 Å². The molecular formula is C19H23Cl2IN4O. The standard InChI is InChI=1S/C19H22Cl2N4O.HI/c1-22-18(26)14-5-3-4-13(10-14)8-9-24-19(23-2)25-12-15-6-7-16(20)11-17(15)21;/h3-7,10-11H,8-9,12H2,1-2H3,(H,22,26)(H2,23,24,25);1H. The third-order valence-corrected chi connectivity index (χ3v) is 4.39. The van der Waals surface area contributed by atoms with Gasteiger partial charge >= 0.3 is 0 Å². The second-order valence-electron chi connectivity index (χ2n) is 5.62. The molecule has 0 aliphatic carbocycles. The highest BCUT2D eigenvalue weighted by Gasteiger charge is 2.05. The van der Waals surface area contributed by atoms with Crippen molar-refractivity contribution in [1.82, 2.24) is 16.0 Å². The second-order valence-corrected chi connectivity index (χ2v) is 6.46. The van der Waals surface area contributed by atoms with Crippen LogP contribution in [-0.2, 0) is 13.0 Å². The Kier molecular flexibility index (Phi) is 10.5. The highest BCUT2D eigenvalue weighted by atomic mass is 127. The minimum atomic E-state index is -0.0860. The lowest BCUT2D eigenvalue weighted by atomic mass is 10.1. The molecule has 146 valence electrons. The van der Waals surface area contributed by atoms with E-state index in [4.69, 9.17) is 23.2 Å². The smallest absolute Gasteiger partial charge is 0.251 e. The van der Waals surface area contributed by atoms with Crippen molar-refractivity contribution in [1.29, 1.82) is 0 Å². The third-order valence-electron chi connectivity index (χ3n) is 3.81. The second kappa shape index (κ2) is 12.0. The fourth-order valence-electron chi connectivity index (χ4n) is 2.40. The zero-order valence-electron chi connectivity index (χ0n) is 15.2. The van der Waals surface area contributed by atoms with Gasteiger partial charge in [-0.15, -0.1) is 24.0 Å². The fraction of sp³-hybridized carbons (Fsp3) is 0.263. The van der Waals surface area contributed by atoms with E-state index in [0.717, 1.165) is 17.5 Å². The molecule has 2 aromatic carbocycles. The van der Waals surface area contributed by atoms with Crippen LogP contribution in [0.2, 0.25) is 10.0 Å². The zero-order chi connectivity index (χ0) is 18.9. The summed E-state index contributed by atoms with van der Waals surface area (Å²) in [5, 5.41) is 10.3. The van der Waals surface area contributed by atoms with Crippen LogP contribution in [0.3, 0.4) is 0 Å². The Morgan fingerprint density at radius 2 is 1.89 bits per heavy atom. The van der Waals surface area contributed by atoms with Gasteiger partial charge in [0.2, 0.25) is 0 Å². The van der Waals surface area contributed by atoms with Crippen molar-refractivity contribution in [3.8, 4) is 0 Å². The topological polar surface area (TPSA) is 65.5 Å². The van der Waals surface area contributed by atoms with Crippen LogP contribution < -0.4 is 16.0 Å². The van der Waals surface area contributed by atoms with Crippen molar-refractivity contribution in [2.45, 2.75) is 13.0 Å². The molecule has 0 saturated carbocycles. The number of halogens is 3. The Bertz CT molecular complexity index is 799. The minimum absolute atomic E-state index is 0. The van der Waals surface area contributed by atoms with Crippen LogP contribution in [0.4, 0.5) is 0 Å². The molecule has 0 radical (unpaired) electrons. The van der Waals surface area contributed by atoms with E-state index < -0.39 is 0 Å². The van der Waals surface area contributed by atoms with E-state index in [9.17, 15) is 4.79 Å².